The Morgan fingerprint density at radius 2 is 1.51 bits per heavy atom. The van der Waals surface area contributed by atoms with E-state index < -0.39 is 0 Å². The van der Waals surface area contributed by atoms with E-state index in [2.05, 4.69) is 54.9 Å². The maximum Gasteiger partial charge on any atom is 0.275 e. The quantitative estimate of drug-likeness (QED) is 0.451. The molecule has 0 aliphatic carbocycles. The van der Waals surface area contributed by atoms with Crippen LogP contribution in [0.3, 0.4) is 0 Å². The molecule has 0 bridgehead atoms. The number of rotatable bonds is 7. The molecule has 9 nitrogen and oxygen atoms in total. The van der Waals surface area contributed by atoms with Gasteiger partial charge in [0.2, 0.25) is 18.6 Å². The fourth-order valence-electron chi connectivity index (χ4n) is 4.89. The molecule has 39 heavy (non-hydrogen) atoms. The van der Waals surface area contributed by atoms with Gasteiger partial charge in [-0.3, -0.25) is 14.5 Å². The zero-order valence-corrected chi connectivity index (χ0v) is 23.1. The molecule has 2 amide bonds. The van der Waals surface area contributed by atoms with Gasteiger partial charge in [0.1, 0.15) is 6.26 Å². The number of carbonyl (C=O) groups excluding carboxylic acids is 2. The van der Waals surface area contributed by atoms with Gasteiger partial charge in [0, 0.05) is 46.2 Å². The van der Waals surface area contributed by atoms with Crippen molar-refractivity contribution in [2.75, 3.05) is 33.0 Å². The zero-order chi connectivity index (χ0) is 27.6. The molecule has 2 aromatic carbocycles. The highest BCUT2D eigenvalue weighted by Gasteiger charge is 2.26. The minimum atomic E-state index is -0.173. The summed E-state index contributed by atoms with van der Waals surface area (Å²) in [6.45, 7) is 12.2. The van der Waals surface area contributed by atoms with Crippen molar-refractivity contribution in [2.24, 2.45) is 0 Å². The lowest BCUT2D eigenvalue weighted by atomic mass is 9.87. The first-order chi connectivity index (χ1) is 18.7. The third kappa shape index (κ3) is 6.42. The lowest BCUT2D eigenvalue weighted by molar-refractivity contribution is -0.130. The lowest BCUT2D eigenvalue weighted by Gasteiger charge is -2.33. The Kier molecular flexibility index (Phi) is 7.61. The smallest absolute Gasteiger partial charge is 0.275 e. The van der Waals surface area contributed by atoms with Crippen LogP contribution in [-0.4, -0.2) is 64.5 Å². The van der Waals surface area contributed by atoms with Crippen LogP contribution >= 0.6 is 0 Å². The number of hydrogen-bond acceptors (Lipinski definition) is 7. The fraction of sp³-hybridized carbons (Fsp3) is 0.433. The summed E-state index contributed by atoms with van der Waals surface area (Å²) in [4.78, 5) is 34.9. The molecule has 2 aliphatic rings. The molecule has 206 valence electrons. The van der Waals surface area contributed by atoms with Crippen molar-refractivity contribution in [3.05, 3.63) is 77.0 Å². The van der Waals surface area contributed by atoms with Crippen LogP contribution in [0, 0.1) is 0 Å². The van der Waals surface area contributed by atoms with E-state index in [1.165, 1.54) is 17.4 Å². The Bertz CT molecular complexity index is 1320. The molecule has 0 unspecified atom stereocenters. The highest BCUT2D eigenvalue weighted by Crippen LogP contribution is 2.33. The Morgan fingerprint density at radius 1 is 0.872 bits per heavy atom. The Labute approximate surface area is 229 Å². The summed E-state index contributed by atoms with van der Waals surface area (Å²) >= 11 is 0. The van der Waals surface area contributed by atoms with Gasteiger partial charge in [0.25, 0.3) is 5.91 Å². The second kappa shape index (κ2) is 11.1. The fourth-order valence-corrected chi connectivity index (χ4v) is 4.89. The van der Waals surface area contributed by atoms with Gasteiger partial charge in [-0.25, -0.2) is 4.98 Å². The van der Waals surface area contributed by atoms with Gasteiger partial charge in [-0.1, -0.05) is 51.1 Å². The number of carbonyl (C=O) groups is 2. The largest absolute Gasteiger partial charge is 0.454 e. The van der Waals surface area contributed by atoms with E-state index >= 15 is 0 Å². The predicted octanol–water partition coefficient (Wildman–Crippen LogP) is 4.21. The van der Waals surface area contributed by atoms with Crippen molar-refractivity contribution in [2.45, 2.75) is 52.7 Å². The normalized spacial score (nSPS) is 15.2. The van der Waals surface area contributed by atoms with E-state index in [-0.39, 0.29) is 24.0 Å². The van der Waals surface area contributed by atoms with Gasteiger partial charge in [0.05, 0.1) is 6.54 Å². The van der Waals surface area contributed by atoms with E-state index in [9.17, 15) is 9.59 Å². The third-order valence-electron chi connectivity index (χ3n) is 7.21. The molecule has 0 radical (unpaired) electrons. The van der Waals surface area contributed by atoms with E-state index in [1.807, 2.05) is 18.2 Å². The molecule has 0 N–H and O–H groups in total. The molecule has 1 fully saturated rings. The maximum atomic E-state index is 13.0. The predicted molar refractivity (Wildman–Crippen MR) is 145 cm³/mol. The van der Waals surface area contributed by atoms with E-state index in [4.69, 9.17) is 13.9 Å². The van der Waals surface area contributed by atoms with Gasteiger partial charge < -0.3 is 23.7 Å². The van der Waals surface area contributed by atoms with Crippen molar-refractivity contribution in [3.8, 4) is 11.5 Å². The van der Waals surface area contributed by atoms with Crippen LogP contribution in [0.4, 0.5) is 0 Å². The molecule has 0 saturated carbocycles. The molecule has 1 saturated heterocycles. The Balaban J connectivity index is 1.30. The van der Waals surface area contributed by atoms with Crippen LogP contribution in [0.5, 0.6) is 11.5 Å². The highest BCUT2D eigenvalue weighted by molar-refractivity contribution is 5.92. The van der Waals surface area contributed by atoms with Gasteiger partial charge in [-0.15, -0.1) is 0 Å². The number of benzene rings is 2. The molecule has 9 heteroatoms. The molecular weight excluding hydrogens is 496 g/mol. The van der Waals surface area contributed by atoms with Crippen LogP contribution in [-0.2, 0) is 29.8 Å². The number of ether oxygens (including phenoxy) is 2. The second-order valence-corrected chi connectivity index (χ2v) is 11.2. The van der Waals surface area contributed by atoms with Gasteiger partial charge in [-0.2, -0.15) is 0 Å². The first-order valence-electron chi connectivity index (χ1n) is 13.4. The van der Waals surface area contributed by atoms with Crippen LogP contribution in [0.1, 0.15) is 60.8 Å². The number of fused-ring (bicyclic) bond motifs is 1. The standard InChI is InChI=1S/C30H36N4O5/c1-21(35)33-11-13-34(14-12-33)29(36)25-19-37-28(31-25)18-32(16-22-5-8-24(9-6-22)30(2,3)4)17-23-7-10-26-27(15-23)39-20-38-26/h5-10,15,19H,11-14,16-18,20H2,1-4H3. The zero-order valence-electron chi connectivity index (χ0n) is 23.1. The summed E-state index contributed by atoms with van der Waals surface area (Å²) in [7, 11) is 0. The number of amides is 2. The van der Waals surface area contributed by atoms with Gasteiger partial charge in [0.15, 0.2) is 17.2 Å². The average molecular weight is 533 g/mol. The third-order valence-corrected chi connectivity index (χ3v) is 7.21. The van der Waals surface area contributed by atoms with Crippen molar-refractivity contribution in [3.63, 3.8) is 0 Å². The monoisotopic (exact) mass is 532 g/mol. The second-order valence-electron chi connectivity index (χ2n) is 11.2. The summed E-state index contributed by atoms with van der Waals surface area (Å²) < 4.78 is 16.8. The Morgan fingerprint density at radius 3 is 2.21 bits per heavy atom. The number of piperazine rings is 1. The summed E-state index contributed by atoms with van der Waals surface area (Å²) in [6.07, 6.45) is 1.44. The van der Waals surface area contributed by atoms with Gasteiger partial charge >= 0.3 is 0 Å². The van der Waals surface area contributed by atoms with Crippen molar-refractivity contribution in [1.29, 1.82) is 0 Å². The Hall–Kier alpha value is -3.85. The van der Waals surface area contributed by atoms with Crippen molar-refractivity contribution >= 4 is 11.8 Å². The molecule has 5 rings (SSSR count). The topological polar surface area (TPSA) is 88.4 Å². The number of nitrogens with zero attached hydrogens (tertiary/aromatic N) is 4. The summed E-state index contributed by atoms with van der Waals surface area (Å²) in [5.41, 5.74) is 3.92. The van der Waals surface area contributed by atoms with Crippen molar-refractivity contribution in [1.82, 2.24) is 19.7 Å². The molecule has 1 aromatic heterocycles. The lowest BCUT2D eigenvalue weighted by Crippen LogP contribution is -2.50. The van der Waals surface area contributed by atoms with E-state index in [0.717, 1.165) is 17.1 Å². The molecule has 3 heterocycles. The number of hydrogen-bond donors (Lipinski definition) is 0. The average Bonchev–Trinajstić information content (AvgIpc) is 3.57. The first-order valence-corrected chi connectivity index (χ1v) is 13.4. The number of aromatic nitrogens is 1. The summed E-state index contributed by atoms with van der Waals surface area (Å²) in [6, 6.07) is 14.7. The maximum absolute atomic E-state index is 13.0. The molecular formula is C30H36N4O5. The van der Waals surface area contributed by atoms with Crippen LogP contribution in [0.15, 0.2) is 53.1 Å². The first kappa shape index (κ1) is 26.7. The minimum absolute atomic E-state index is 0.0291. The van der Waals surface area contributed by atoms with Gasteiger partial charge in [-0.05, 0) is 34.2 Å². The van der Waals surface area contributed by atoms with Crippen molar-refractivity contribution < 1.29 is 23.5 Å². The SMILES string of the molecule is CC(=O)N1CCN(C(=O)c2coc(CN(Cc3ccc(C(C)(C)C)cc3)Cc3ccc4c(c3)OCO4)n2)CC1. The summed E-state index contributed by atoms with van der Waals surface area (Å²) in [5.74, 6) is 1.83. The van der Waals surface area contributed by atoms with Crippen LogP contribution in [0.2, 0.25) is 0 Å². The molecule has 3 aromatic rings. The molecule has 0 atom stereocenters. The van der Waals surface area contributed by atoms with Crippen LogP contribution in [0.25, 0.3) is 0 Å². The molecule has 0 spiro atoms. The van der Waals surface area contributed by atoms with E-state index in [1.54, 1.807) is 16.7 Å². The summed E-state index contributed by atoms with van der Waals surface area (Å²) in [5, 5.41) is 0. The minimum Gasteiger partial charge on any atom is -0.454 e. The van der Waals surface area contributed by atoms with E-state index in [0.29, 0.717) is 57.4 Å². The van der Waals surface area contributed by atoms with Crippen LogP contribution < -0.4 is 9.47 Å². The highest BCUT2D eigenvalue weighted by atomic mass is 16.7. The molecule has 2 aliphatic heterocycles. The number of oxazole rings is 1.